The average molecular weight is 298 g/mol. The molecule has 1 amide bonds. The molecule has 1 aliphatic carbocycles. The number of carbonyl (C=O) groups excluding carboxylic acids is 1. The molecule has 1 aromatic rings. The summed E-state index contributed by atoms with van der Waals surface area (Å²) >= 11 is 6.04. The van der Waals surface area contributed by atoms with Crippen molar-refractivity contribution in [1.82, 2.24) is 9.47 Å². The van der Waals surface area contributed by atoms with Crippen LogP contribution in [-0.4, -0.2) is 35.0 Å². The molecule has 112 valence electrons. The van der Waals surface area contributed by atoms with E-state index in [9.17, 15) is 4.79 Å². The van der Waals surface area contributed by atoms with E-state index in [-0.39, 0.29) is 11.9 Å². The van der Waals surface area contributed by atoms with E-state index in [0.29, 0.717) is 29.2 Å². The lowest BCUT2D eigenvalue weighted by Gasteiger charge is -2.22. The highest BCUT2D eigenvalue weighted by molar-refractivity contribution is 6.31. The fourth-order valence-corrected chi connectivity index (χ4v) is 2.45. The smallest absolute Gasteiger partial charge is 0.270 e. The lowest BCUT2D eigenvalue weighted by atomic mass is 10.0. The second-order valence-electron chi connectivity index (χ2n) is 6.11. The van der Waals surface area contributed by atoms with Gasteiger partial charge in [-0.1, -0.05) is 25.4 Å². The van der Waals surface area contributed by atoms with Gasteiger partial charge in [0.25, 0.3) is 5.91 Å². The minimum atomic E-state index is 0.0276. The van der Waals surface area contributed by atoms with Crippen molar-refractivity contribution in [2.45, 2.75) is 45.2 Å². The van der Waals surface area contributed by atoms with Crippen LogP contribution in [0.3, 0.4) is 0 Å². The molecule has 0 radical (unpaired) electrons. The van der Waals surface area contributed by atoms with Gasteiger partial charge >= 0.3 is 0 Å². The van der Waals surface area contributed by atoms with Crippen molar-refractivity contribution in [2.24, 2.45) is 11.7 Å². The largest absolute Gasteiger partial charge is 0.340 e. The molecule has 1 unspecified atom stereocenters. The number of nitrogens with zero attached hydrogens (tertiary/aromatic N) is 2. The summed E-state index contributed by atoms with van der Waals surface area (Å²) in [4.78, 5) is 14.2. The summed E-state index contributed by atoms with van der Waals surface area (Å²) in [5.74, 6) is 0.461. The molecule has 4 nitrogen and oxygen atoms in total. The number of rotatable bonds is 6. The Morgan fingerprint density at radius 2 is 2.20 bits per heavy atom. The van der Waals surface area contributed by atoms with Crippen LogP contribution in [0, 0.1) is 5.92 Å². The van der Waals surface area contributed by atoms with Crippen molar-refractivity contribution in [3.63, 3.8) is 0 Å². The highest BCUT2D eigenvalue weighted by Gasteiger charge is 2.28. The van der Waals surface area contributed by atoms with Crippen LogP contribution in [-0.2, 0) is 0 Å². The molecule has 2 N–H and O–H groups in total. The maximum atomic E-state index is 12.5. The summed E-state index contributed by atoms with van der Waals surface area (Å²) < 4.78 is 2.02. The molecule has 0 aliphatic heterocycles. The van der Waals surface area contributed by atoms with Crippen LogP contribution in [0.1, 0.15) is 49.6 Å². The zero-order chi connectivity index (χ0) is 14.9. The summed E-state index contributed by atoms with van der Waals surface area (Å²) in [6.07, 6.45) is 4.94. The third-order valence-corrected chi connectivity index (χ3v) is 4.18. The first kappa shape index (κ1) is 15.4. The number of amides is 1. The van der Waals surface area contributed by atoms with Crippen molar-refractivity contribution in [1.29, 1.82) is 0 Å². The Morgan fingerprint density at radius 1 is 1.55 bits per heavy atom. The van der Waals surface area contributed by atoms with Crippen LogP contribution >= 0.6 is 11.6 Å². The third-order valence-electron chi connectivity index (χ3n) is 3.98. The second kappa shape index (κ2) is 6.19. The van der Waals surface area contributed by atoms with Gasteiger partial charge in [0, 0.05) is 31.9 Å². The summed E-state index contributed by atoms with van der Waals surface area (Å²) in [7, 11) is 1.83. The monoisotopic (exact) mass is 297 g/mol. The number of nitrogens with two attached hydrogens (primary N) is 1. The topological polar surface area (TPSA) is 51.3 Å². The van der Waals surface area contributed by atoms with Gasteiger partial charge in [0.2, 0.25) is 0 Å². The molecule has 1 aliphatic rings. The number of hydrogen-bond acceptors (Lipinski definition) is 2. The van der Waals surface area contributed by atoms with Gasteiger partial charge in [-0.15, -0.1) is 0 Å². The number of aromatic nitrogens is 1. The third kappa shape index (κ3) is 3.55. The second-order valence-corrected chi connectivity index (χ2v) is 6.54. The SMILES string of the molecule is CC(C)C(N)CCN(C)C(=O)c1cc(Cl)cn1C1CC1. The van der Waals surface area contributed by atoms with Crippen molar-refractivity contribution >= 4 is 17.5 Å². The van der Waals surface area contributed by atoms with Crippen molar-refractivity contribution in [3.8, 4) is 0 Å². The van der Waals surface area contributed by atoms with E-state index in [4.69, 9.17) is 17.3 Å². The predicted molar refractivity (Wildman–Crippen MR) is 82.1 cm³/mol. The maximum absolute atomic E-state index is 12.5. The molecule has 1 fully saturated rings. The Bertz CT molecular complexity index is 479. The van der Waals surface area contributed by atoms with Crippen LogP contribution in [0.4, 0.5) is 0 Å². The fraction of sp³-hybridized carbons (Fsp3) is 0.667. The van der Waals surface area contributed by atoms with Gasteiger partial charge in [0.15, 0.2) is 0 Å². The van der Waals surface area contributed by atoms with Crippen LogP contribution in [0.5, 0.6) is 0 Å². The van der Waals surface area contributed by atoms with Crippen molar-refractivity contribution in [3.05, 3.63) is 23.0 Å². The normalized spacial score (nSPS) is 16.5. The minimum Gasteiger partial charge on any atom is -0.340 e. The van der Waals surface area contributed by atoms with Gasteiger partial charge in [0.05, 0.1) is 5.02 Å². The molecule has 20 heavy (non-hydrogen) atoms. The van der Waals surface area contributed by atoms with Crippen LogP contribution in [0.15, 0.2) is 12.3 Å². The lowest BCUT2D eigenvalue weighted by Crippen LogP contribution is -2.35. The van der Waals surface area contributed by atoms with Gasteiger partial charge in [0.1, 0.15) is 5.69 Å². The van der Waals surface area contributed by atoms with Crippen LogP contribution in [0.25, 0.3) is 0 Å². The van der Waals surface area contributed by atoms with Gasteiger partial charge in [-0.25, -0.2) is 0 Å². The van der Waals surface area contributed by atoms with Gasteiger partial charge in [-0.3, -0.25) is 4.79 Å². The van der Waals surface area contributed by atoms with E-state index in [2.05, 4.69) is 13.8 Å². The molecule has 0 bridgehead atoms. The number of halogens is 1. The van der Waals surface area contributed by atoms with E-state index >= 15 is 0 Å². The maximum Gasteiger partial charge on any atom is 0.270 e. The van der Waals surface area contributed by atoms with Crippen molar-refractivity contribution < 1.29 is 4.79 Å². The lowest BCUT2D eigenvalue weighted by molar-refractivity contribution is 0.0778. The van der Waals surface area contributed by atoms with E-state index in [0.717, 1.165) is 19.3 Å². The van der Waals surface area contributed by atoms with E-state index in [1.54, 1.807) is 11.0 Å². The Hall–Kier alpha value is -1.00. The van der Waals surface area contributed by atoms with Crippen LogP contribution in [0.2, 0.25) is 5.02 Å². The van der Waals surface area contributed by atoms with Gasteiger partial charge < -0.3 is 15.2 Å². The number of hydrogen-bond donors (Lipinski definition) is 1. The van der Waals surface area contributed by atoms with E-state index in [1.807, 2.05) is 17.8 Å². The molecule has 1 saturated carbocycles. The summed E-state index contributed by atoms with van der Waals surface area (Å²) in [5, 5.41) is 0.632. The molecule has 0 aromatic carbocycles. The molecule has 2 rings (SSSR count). The highest BCUT2D eigenvalue weighted by atomic mass is 35.5. The molecule has 1 aromatic heterocycles. The first-order valence-electron chi connectivity index (χ1n) is 7.28. The number of carbonyl (C=O) groups is 1. The van der Waals surface area contributed by atoms with Crippen LogP contribution < -0.4 is 5.73 Å². The molecular weight excluding hydrogens is 274 g/mol. The minimum absolute atomic E-state index is 0.0276. The zero-order valence-corrected chi connectivity index (χ0v) is 13.2. The predicted octanol–water partition coefficient (Wildman–Crippen LogP) is 2.92. The van der Waals surface area contributed by atoms with Crippen molar-refractivity contribution in [2.75, 3.05) is 13.6 Å². The fourth-order valence-electron chi connectivity index (χ4n) is 2.24. The molecule has 1 atom stereocenters. The molecule has 5 heteroatoms. The zero-order valence-electron chi connectivity index (χ0n) is 12.5. The first-order chi connectivity index (χ1) is 9.40. The highest BCUT2D eigenvalue weighted by Crippen LogP contribution is 2.37. The standard InChI is InChI=1S/C15H24ClN3O/c1-10(2)13(17)6-7-18(3)15(20)14-8-11(16)9-19(14)12-4-5-12/h8-10,12-13H,4-7,17H2,1-3H3. The first-order valence-corrected chi connectivity index (χ1v) is 7.66. The Labute approximate surface area is 125 Å². The molecule has 0 saturated heterocycles. The Morgan fingerprint density at radius 3 is 2.75 bits per heavy atom. The van der Waals surface area contributed by atoms with Gasteiger partial charge in [-0.2, -0.15) is 0 Å². The molecule has 1 heterocycles. The average Bonchev–Trinajstić information content (AvgIpc) is 3.17. The summed E-state index contributed by atoms with van der Waals surface area (Å²) in [6.45, 7) is 4.88. The Balaban J connectivity index is 1.99. The summed E-state index contributed by atoms with van der Waals surface area (Å²) in [6, 6.07) is 2.35. The van der Waals surface area contributed by atoms with E-state index in [1.165, 1.54) is 0 Å². The van der Waals surface area contributed by atoms with E-state index < -0.39 is 0 Å². The summed E-state index contributed by atoms with van der Waals surface area (Å²) in [5.41, 5.74) is 6.72. The quantitative estimate of drug-likeness (QED) is 0.878. The Kier molecular flexibility index (Phi) is 4.76. The van der Waals surface area contributed by atoms with Gasteiger partial charge in [-0.05, 0) is 31.2 Å². The molecular formula is C15H24ClN3O. The molecule has 0 spiro atoms.